The molecular weight excluding hydrogens is 398 g/mol. The number of anilines is 1. The van der Waals surface area contributed by atoms with Crippen molar-refractivity contribution in [3.05, 3.63) is 66.5 Å². The van der Waals surface area contributed by atoms with Gasteiger partial charge in [0, 0.05) is 30.2 Å². The number of hydrogen-bond donors (Lipinski definition) is 1. The Kier molecular flexibility index (Phi) is 5.83. The summed E-state index contributed by atoms with van der Waals surface area (Å²) in [4.78, 5) is 12.8. The summed E-state index contributed by atoms with van der Waals surface area (Å²) < 4.78 is 29.5. The number of piperidine rings is 1. The van der Waals surface area contributed by atoms with Crippen LogP contribution in [0.25, 0.3) is 10.8 Å². The molecule has 156 valence electrons. The van der Waals surface area contributed by atoms with Crippen molar-refractivity contribution in [2.75, 3.05) is 18.4 Å². The van der Waals surface area contributed by atoms with Crippen molar-refractivity contribution in [3.63, 3.8) is 0 Å². The Balaban J connectivity index is 1.51. The Labute approximate surface area is 177 Å². The van der Waals surface area contributed by atoms with Gasteiger partial charge in [-0.05, 0) is 48.9 Å². The Morgan fingerprint density at radius 1 is 1.03 bits per heavy atom. The highest BCUT2D eigenvalue weighted by Gasteiger charge is 2.27. The summed E-state index contributed by atoms with van der Waals surface area (Å²) in [5, 5.41) is 5.00. The van der Waals surface area contributed by atoms with Crippen LogP contribution >= 0.6 is 0 Å². The highest BCUT2D eigenvalue weighted by molar-refractivity contribution is 7.89. The van der Waals surface area contributed by atoms with Crippen LogP contribution in [0.15, 0.2) is 65.8 Å². The van der Waals surface area contributed by atoms with Gasteiger partial charge in [0.15, 0.2) is 12.4 Å². The molecule has 0 bridgehead atoms. The minimum atomic E-state index is -3.56. The van der Waals surface area contributed by atoms with Crippen LogP contribution < -0.4 is 9.88 Å². The van der Waals surface area contributed by atoms with Gasteiger partial charge in [-0.2, -0.15) is 8.87 Å². The van der Waals surface area contributed by atoms with Crippen molar-refractivity contribution in [1.82, 2.24) is 4.31 Å². The highest BCUT2D eigenvalue weighted by Crippen LogP contribution is 2.26. The molecule has 1 amide bonds. The molecule has 6 nitrogen and oxygen atoms in total. The van der Waals surface area contributed by atoms with E-state index in [0.29, 0.717) is 24.3 Å². The molecule has 7 heteroatoms. The lowest BCUT2D eigenvalue weighted by Gasteiger charge is -2.26. The van der Waals surface area contributed by atoms with Crippen LogP contribution in [0.5, 0.6) is 0 Å². The molecule has 0 radical (unpaired) electrons. The van der Waals surface area contributed by atoms with Crippen LogP contribution in [0.1, 0.15) is 24.8 Å². The number of nitrogens with zero attached hydrogens (tertiary/aromatic N) is 2. The fraction of sp³-hybridized carbons (Fsp3) is 0.304. The lowest BCUT2D eigenvalue weighted by atomic mass is 10.2. The molecule has 1 aliphatic rings. The number of pyridine rings is 1. The van der Waals surface area contributed by atoms with Crippen molar-refractivity contribution in [2.24, 2.45) is 0 Å². The first-order chi connectivity index (χ1) is 14.4. The van der Waals surface area contributed by atoms with Gasteiger partial charge in [0.1, 0.15) is 0 Å². The zero-order valence-electron chi connectivity index (χ0n) is 17.0. The number of aryl methyl sites for hydroxylation is 1. The van der Waals surface area contributed by atoms with E-state index in [4.69, 9.17) is 0 Å². The molecule has 0 saturated carbocycles. The van der Waals surface area contributed by atoms with E-state index < -0.39 is 10.0 Å². The van der Waals surface area contributed by atoms with E-state index in [1.807, 2.05) is 47.3 Å². The predicted octanol–water partition coefficient (Wildman–Crippen LogP) is 3.25. The smallest absolute Gasteiger partial charge is 0.290 e. The number of hydrogen-bond acceptors (Lipinski definition) is 3. The molecule has 1 fully saturated rings. The Morgan fingerprint density at radius 2 is 1.77 bits per heavy atom. The van der Waals surface area contributed by atoms with Gasteiger partial charge >= 0.3 is 0 Å². The molecule has 1 saturated heterocycles. The van der Waals surface area contributed by atoms with Crippen LogP contribution in [0, 0.1) is 6.92 Å². The standard InChI is InChI=1S/C23H25N3O3S/c1-18-9-10-21(15-22(18)30(28,29)26-12-5-2-6-13-26)24-23(27)17-25-14-11-19-7-3-4-8-20(19)16-25/h3-4,7-11,14-16H,2,5-6,12-13,17H2,1H3/p+1. The Morgan fingerprint density at radius 3 is 2.53 bits per heavy atom. The van der Waals surface area contributed by atoms with Crippen molar-refractivity contribution in [2.45, 2.75) is 37.6 Å². The highest BCUT2D eigenvalue weighted by atomic mass is 32.2. The molecule has 3 aromatic rings. The maximum Gasteiger partial charge on any atom is 0.290 e. The van der Waals surface area contributed by atoms with E-state index in [-0.39, 0.29) is 17.3 Å². The lowest BCUT2D eigenvalue weighted by Crippen LogP contribution is -2.39. The van der Waals surface area contributed by atoms with E-state index in [2.05, 4.69) is 5.32 Å². The van der Waals surface area contributed by atoms with E-state index in [1.54, 1.807) is 29.4 Å². The molecule has 1 aromatic heterocycles. The third-order valence-corrected chi connectivity index (χ3v) is 7.52. The summed E-state index contributed by atoms with van der Waals surface area (Å²) in [7, 11) is -3.56. The Hall–Kier alpha value is -2.77. The van der Waals surface area contributed by atoms with Gasteiger partial charge in [-0.15, -0.1) is 0 Å². The van der Waals surface area contributed by atoms with Crippen molar-refractivity contribution in [3.8, 4) is 0 Å². The number of carbonyl (C=O) groups is 1. The summed E-state index contributed by atoms with van der Waals surface area (Å²) in [5.74, 6) is -0.208. The fourth-order valence-corrected chi connectivity index (χ4v) is 5.61. The van der Waals surface area contributed by atoms with Gasteiger partial charge in [-0.1, -0.05) is 30.7 Å². The number of amides is 1. The number of fused-ring (bicyclic) bond motifs is 1. The normalized spacial score (nSPS) is 15.2. The topological polar surface area (TPSA) is 70.4 Å². The molecule has 2 heterocycles. The summed E-state index contributed by atoms with van der Waals surface area (Å²) in [6, 6.07) is 15.0. The fourth-order valence-electron chi connectivity index (χ4n) is 3.84. The van der Waals surface area contributed by atoms with Crippen LogP contribution in [0.2, 0.25) is 0 Å². The monoisotopic (exact) mass is 424 g/mol. The van der Waals surface area contributed by atoms with Crippen LogP contribution in [-0.2, 0) is 21.4 Å². The summed E-state index contributed by atoms with van der Waals surface area (Å²) in [6.07, 6.45) is 6.63. The van der Waals surface area contributed by atoms with Crippen molar-refractivity contribution < 1.29 is 17.8 Å². The van der Waals surface area contributed by atoms with Gasteiger partial charge in [0.05, 0.1) is 4.90 Å². The largest absolute Gasteiger partial charge is 0.321 e. The SMILES string of the molecule is Cc1ccc(NC(=O)C[n+]2ccc3ccccc3c2)cc1S(=O)(=O)N1CCCCC1. The molecule has 4 rings (SSSR count). The number of sulfonamides is 1. The first-order valence-corrected chi connectivity index (χ1v) is 11.7. The number of carbonyl (C=O) groups excluding carboxylic acids is 1. The molecule has 0 spiro atoms. The minimum absolute atomic E-state index is 0.146. The van der Waals surface area contributed by atoms with Crippen molar-refractivity contribution in [1.29, 1.82) is 0 Å². The van der Waals surface area contributed by atoms with Crippen LogP contribution in [0.4, 0.5) is 5.69 Å². The van der Waals surface area contributed by atoms with E-state index in [1.165, 1.54) is 0 Å². The zero-order chi connectivity index (χ0) is 21.1. The number of nitrogens with one attached hydrogen (secondary N) is 1. The van der Waals surface area contributed by atoms with Gasteiger partial charge in [0.25, 0.3) is 5.91 Å². The van der Waals surface area contributed by atoms with Crippen LogP contribution in [0.3, 0.4) is 0 Å². The molecule has 0 aliphatic carbocycles. The molecule has 30 heavy (non-hydrogen) atoms. The summed E-state index contributed by atoms with van der Waals surface area (Å²) in [5.41, 5.74) is 1.17. The lowest BCUT2D eigenvalue weighted by molar-refractivity contribution is -0.682. The van der Waals surface area contributed by atoms with Gasteiger partial charge in [-0.3, -0.25) is 4.79 Å². The molecule has 2 aromatic carbocycles. The van der Waals surface area contributed by atoms with Crippen LogP contribution in [-0.4, -0.2) is 31.7 Å². The average molecular weight is 425 g/mol. The Bertz CT molecular complexity index is 1190. The third kappa shape index (κ3) is 4.37. The van der Waals surface area contributed by atoms with Gasteiger partial charge in [-0.25, -0.2) is 8.42 Å². The first-order valence-electron chi connectivity index (χ1n) is 10.2. The average Bonchev–Trinajstić information content (AvgIpc) is 2.75. The summed E-state index contributed by atoms with van der Waals surface area (Å²) in [6.45, 7) is 3.04. The molecule has 1 N–H and O–H groups in total. The number of rotatable bonds is 5. The first kappa shape index (κ1) is 20.5. The number of aromatic nitrogens is 1. The second-order valence-electron chi connectivity index (χ2n) is 7.74. The second-order valence-corrected chi connectivity index (χ2v) is 9.65. The minimum Gasteiger partial charge on any atom is -0.321 e. The molecular formula is C23H26N3O3S+. The molecule has 1 aliphatic heterocycles. The predicted molar refractivity (Wildman–Crippen MR) is 117 cm³/mol. The third-order valence-electron chi connectivity index (χ3n) is 5.48. The maximum absolute atomic E-state index is 13.1. The quantitative estimate of drug-likeness (QED) is 0.639. The molecule has 0 atom stereocenters. The van der Waals surface area contributed by atoms with Crippen molar-refractivity contribution >= 4 is 32.4 Å². The van der Waals surface area contributed by atoms with Gasteiger partial charge < -0.3 is 5.32 Å². The van der Waals surface area contributed by atoms with Gasteiger partial charge in [0.2, 0.25) is 16.6 Å². The molecule has 0 unspecified atom stereocenters. The number of benzene rings is 2. The van der Waals surface area contributed by atoms with E-state index in [9.17, 15) is 13.2 Å². The maximum atomic E-state index is 13.1. The summed E-state index contributed by atoms with van der Waals surface area (Å²) >= 11 is 0. The second kappa shape index (κ2) is 8.53. The van der Waals surface area contributed by atoms with E-state index in [0.717, 1.165) is 30.0 Å². The van der Waals surface area contributed by atoms with E-state index >= 15 is 0 Å². The zero-order valence-corrected chi connectivity index (χ0v) is 17.9.